The number of anilines is 1. The first kappa shape index (κ1) is 20.4. The number of rotatable bonds is 5. The third kappa shape index (κ3) is 3.27. The molecule has 3 saturated carbocycles. The molecule has 30 heavy (non-hydrogen) atoms. The second-order valence-corrected chi connectivity index (χ2v) is 11.9. The van der Waals surface area contributed by atoms with E-state index in [2.05, 4.69) is 15.2 Å². The van der Waals surface area contributed by atoms with Crippen LogP contribution in [-0.2, 0) is 14.8 Å². The van der Waals surface area contributed by atoms with Crippen molar-refractivity contribution in [1.82, 2.24) is 14.2 Å². The number of benzene rings is 1. The van der Waals surface area contributed by atoms with Crippen molar-refractivity contribution in [2.75, 3.05) is 37.8 Å². The maximum absolute atomic E-state index is 12.9. The molecule has 0 radical (unpaired) electrons. The molecule has 1 aliphatic heterocycles. The zero-order valence-electron chi connectivity index (χ0n) is 16.6. The smallest absolute Gasteiger partial charge is 0.232 e. The van der Waals surface area contributed by atoms with Crippen LogP contribution in [-0.4, -0.2) is 66.5 Å². The fraction of sp³-hybridized carbons (Fsp3) is 0.500. The Morgan fingerprint density at radius 3 is 2.47 bits per heavy atom. The largest absolute Gasteiger partial charge is 0.301 e. The molecular weight excluding hydrogens is 444 g/mol. The first-order valence-electron chi connectivity index (χ1n) is 9.93. The zero-order valence-corrected chi connectivity index (χ0v) is 19.0. The molecule has 2 heterocycles. The van der Waals surface area contributed by atoms with Crippen LogP contribution in [0.1, 0.15) is 19.3 Å². The number of hydrogen-bond acceptors (Lipinski definition) is 6. The van der Waals surface area contributed by atoms with Crippen molar-refractivity contribution in [3.8, 4) is 11.3 Å². The molecular formula is C20H23ClN4O3S2. The molecule has 7 nitrogen and oxygen atoms in total. The van der Waals surface area contributed by atoms with E-state index in [0.29, 0.717) is 23.2 Å². The number of carbonyl (C=O) groups is 1. The van der Waals surface area contributed by atoms with Crippen LogP contribution in [0.5, 0.6) is 0 Å². The van der Waals surface area contributed by atoms with Crippen LogP contribution < -0.4 is 5.32 Å². The lowest BCUT2D eigenvalue weighted by Gasteiger charge is -2.73. The molecule has 1 amide bonds. The number of thiazole rings is 1. The van der Waals surface area contributed by atoms with E-state index in [1.54, 1.807) is 0 Å². The normalized spacial score (nSPS) is 29.1. The van der Waals surface area contributed by atoms with Crippen LogP contribution in [0, 0.1) is 5.41 Å². The Balaban J connectivity index is 1.18. The van der Waals surface area contributed by atoms with Gasteiger partial charge in [-0.05, 0) is 25.3 Å². The SMILES string of the molecule is CS(=O)(=O)N1CCN(C23CC(C(=O)Nc4nc(-c5ccccc5Cl)cs4)(C2)C3)CC1. The van der Waals surface area contributed by atoms with E-state index in [1.165, 1.54) is 21.9 Å². The number of aromatic nitrogens is 1. The first-order chi connectivity index (χ1) is 14.2. The van der Waals surface area contributed by atoms with Crippen LogP contribution in [0.3, 0.4) is 0 Å². The van der Waals surface area contributed by atoms with Gasteiger partial charge in [0.25, 0.3) is 0 Å². The molecule has 0 atom stereocenters. The Morgan fingerprint density at radius 2 is 1.83 bits per heavy atom. The van der Waals surface area contributed by atoms with E-state index in [0.717, 1.165) is 43.6 Å². The number of nitrogens with one attached hydrogen (secondary N) is 1. The van der Waals surface area contributed by atoms with Gasteiger partial charge in [0.1, 0.15) is 0 Å². The second-order valence-electron chi connectivity index (χ2n) is 8.66. The number of nitrogens with zero attached hydrogens (tertiary/aromatic N) is 3. The lowest BCUT2D eigenvalue weighted by atomic mass is 9.38. The predicted molar refractivity (Wildman–Crippen MR) is 118 cm³/mol. The highest BCUT2D eigenvalue weighted by molar-refractivity contribution is 7.88. The Kier molecular flexibility index (Phi) is 4.75. The lowest BCUT2D eigenvalue weighted by molar-refractivity contribution is -0.218. The van der Waals surface area contributed by atoms with Gasteiger partial charge in [-0.15, -0.1) is 11.3 Å². The summed E-state index contributed by atoms with van der Waals surface area (Å²) in [6.45, 7) is 2.53. The summed E-state index contributed by atoms with van der Waals surface area (Å²) >= 11 is 7.65. The molecule has 4 aliphatic rings. The van der Waals surface area contributed by atoms with Crippen molar-refractivity contribution in [2.24, 2.45) is 5.41 Å². The number of carbonyl (C=O) groups excluding carboxylic acids is 1. The molecule has 6 rings (SSSR count). The zero-order chi connectivity index (χ0) is 21.1. The molecule has 0 spiro atoms. The Bertz CT molecular complexity index is 1090. The maximum atomic E-state index is 12.9. The highest BCUT2D eigenvalue weighted by Gasteiger charge is 2.73. The van der Waals surface area contributed by atoms with Gasteiger partial charge in [0.15, 0.2) is 5.13 Å². The van der Waals surface area contributed by atoms with Crippen LogP contribution >= 0.6 is 22.9 Å². The summed E-state index contributed by atoms with van der Waals surface area (Å²) in [6.07, 6.45) is 3.78. The van der Waals surface area contributed by atoms with Crippen LogP contribution in [0.15, 0.2) is 29.6 Å². The summed E-state index contributed by atoms with van der Waals surface area (Å²) in [5, 5.41) is 6.13. The van der Waals surface area contributed by atoms with Gasteiger partial charge in [0, 0.05) is 47.7 Å². The van der Waals surface area contributed by atoms with Gasteiger partial charge in [-0.1, -0.05) is 29.8 Å². The minimum Gasteiger partial charge on any atom is -0.301 e. The summed E-state index contributed by atoms with van der Waals surface area (Å²) in [5.74, 6) is 0.0409. The van der Waals surface area contributed by atoms with Gasteiger partial charge in [-0.2, -0.15) is 4.31 Å². The highest BCUT2D eigenvalue weighted by Crippen LogP contribution is 2.70. The Hall–Kier alpha value is -1.52. The molecule has 10 heteroatoms. The number of amides is 1. The minimum absolute atomic E-state index is 0.0409. The van der Waals surface area contributed by atoms with Gasteiger partial charge in [0.2, 0.25) is 15.9 Å². The average molecular weight is 467 g/mol. The van der Waals surface area contributed by atoms with Crippen molar-refractivity contribution in [3.63, 3.8) is 0 Å². The van der Waals surface area contributed by atoms with Crippen molar-refractivity contribution in [3.05, 3.63) is 34.7 Å². The number of piperazine rings is 1. The van der Waals surface area contributed by atoms with Crippen LogP contribution in [0.25, 0.3) is 11.3 Å². The number of sulfonamides is 1. The summed E-state index contributed by atoms with van der Waals surface area (Å²) in [5.41, 5.74) is 1.39. The average Bonchev–Trinajstić information content (AvgIpc) is 3.08. The van der Waals surface area contributed by atoms with E-state index in [-0.39, 0.29) is 16.9 Å². The highest BCUT2D eigenvalue weighted by atomic mass is 35.5. The van der Waals surface area contributed by atoms with Crippen molar-refractivity contribution >= 4 is 44.0 Å². The molecule has 1 aromatic carbocycles. The maximum Gasteiger partial charge on any atom is 0.232 e. The van der Waals surface area contributed by atoms with Crippen molar-refractivity contribution in [2.45, 2.75) is 24.8 Å². The topological polar surface area (TPSA) is 82.6 Å². The van der Waals surface area contributed by atoms with E-state index in [4.69, 9.17) is 11.6 Å². The van der Waals surface area contributed by atoms with E-state index < -0.39 is 10.0 Å². The third-order valence-corrected chi connectivity index (χ3v) is 9.13. The number of hydrogen-bond donors (Lipinski definition) is 1. The molecule has 4 fully saturated rings. The molecule has 1 aromatic heterocycles. The molecule has 1 saturated heterocycles. The molecule has 2 aromatic rings. The Morgan fingerprint density at radius 1 is 1.17 bits per heavy atom. The predicted octanol–water partition coefficient (Wildman–Crippen LogP) is 2.90. The van der Waals surface area contributed by atoms with Gasteiger partial charge < -0.3 is 5.32 Å². The first-order valence-corrected chi connectivity index (χ1v) is 13.0. The van der Waals surface area contributed by atoms with Gasteiger partial charge in [0.05, 0.1) is 17.4 Å². The van der Waals surface area contributed by atoms with Crippen LogP contribution in [0.4, 0.5) is 5.13 Å². The molecule has 0 unspecified atom stereocenters. The van der Waals surface area contributed by atoms with Crippen molar-refractivity contribution < 1.29 is 13.2 Å². The molecule has 160 valence electrons. The second kappa shape index (κ2) is 7.00. The summed E-state index contributed by atoms with van der Waals surface area (Å²) < 4.78 is 24.9. The summed E-state index contributed by atoms with van der Waals surface area (Å²) in [6, 6.07) is 7.53. The van der Waals surface area contributed by atoms with Gasteiger partial charge in [-0.25, -0.2) is 13.4 Å². The lowest BCUT2D eigenvalue weighted by Crippen LogP contribution is -2.79. The van der Waals surface area contributed by atoms with Crippen molar-refractivity contribution in [1.29, 1.82) is 0 Å². The monoisotopic (exact) mass is 466 g/mol. The van der Waals surface area contributed by atoms with E-state index >= 15 is 0 Å². The van der Waals surface area contributed by atoms with E-state index in [1.807, 2.05) is 29.6 Å². The summed E-state index contributed by atoms with van der Waals surface area (Å²) in [7, 11) is -3.12. The quantitative estimate of drug-likeness (QED) is 0.732. The minimum atomic E-state index is -3.12. The number of halogens is 1. The molecule has 1 N–H and O–H groups in total. The van der Waals surface area contributed by atoms with Gasteiger partial charge >= 0.3 is 0 Å². The Labute approximate surface area is 185 Å². The standard InChI is InChI=1S/C20H23ClN4O3S2/c1-30(27,28)25-8-6-24(7-9-25)20-11-19(12-20,13-20)17(26)23-18-22-16(10-29-18)14-4-2-3-5-15(14)21/h2-5,10H,6-9,11-13H2,1H3,(H,22,23,26). The fourth-order valence-corrected chi connectivity index (χ4v) is 6.92. The van der Waals surface area contributed by atoms with Crippen LogP contribution in [0.2, 0.25) is 5.02 Å². The molecule has 2 bridgehead atoms. The fourth-order valence-electron chi connectivity index (χ4n) is 5.16. The molecule has 3 aliphatic carbocycles. The summed E-state index contributed by atoms with van der Waals surface area (Å²) in [4.78, 5) is 19.8. The van der Waals surface area contributed by atoms with Gasteiger partial charge in [-0.3, -0.25) is 9.69 Å². The van der Waals surface area contributed by atoms with E-state index in [9.17, 15) is 13.2 Å². The third-order valence-electron chi connectivity index (χ3n) is 6.74.